The average Bonchev–Trinajstić information content (AvgIpc) is 2.98. The highest BCUT2D eigenvalue weighted by atomic mass is 31.2. The van der Waals surface area contributed by atoms with Gasteiger partial charge in [0.1, 0.15) is 11.5 Å². The van der Waals surface area contributed by atoms with Gasteiger partial charge < -0.3 is 14.4 Å². The number of fused-ring (bicyclic) bond motifs is 6. The maximum atomic E-state index is 15.4. The second-order valence-electron chi connectivity index (χ2n) is 10.7. The Morgan fingerprint density at radius 1 is 0.610 bits per heavy atom. The molecule has 0 radical (unpaired) electrons. The van der Waals surface area contributed by atoms with Gasteiger partial charge in [-0.15, -0.1) is 0 Å². The molecule has 6 aromatic rings. The normalized spacial score (nSPS) is 14.6. The van der Waals surface area contributed by atoms with Gasteiger partial charge >= 0.3 is 7.60 Å². The predicted octanol–water partition coefficient (Wildman–Crippen LogP) is 9.98. The maximum absolute atomic E-state index is 15.4. The van der Waals surface area contributed by atoms with Crippen LogP contribution in [0.1, 0.15) is 33.6 Å². The van der Waals surface area contributed by atoms with Crippen LogP contribution in [0.5, 0.6) is 11.5 Å². The van der Waals surface area contributed by atoms with E-state index in [0.29, 0.717) is 17.9 Å². The first-order valence-electron chi connectivity index (χ1n) is 13.9. The molecule has 1 aliphatic rings. The summed E-state index contributed by atoms with van der Waals surface area (Å²) in [6.45, 7) is 4.09. The van der Waals surface area contributed by atoms with Crippen molar-refractivity contribution in [3.05, 3.63) is 149 Å². The summed E-state index contributed by atoms with van der Waals surface area (Å²) in [6.07, 6.45) is 0.591. The Morgan fingerprint density at radius 3 is 1.63 bits per heavy atom. The summed E-state index contributed by atoms with van der Waals surface area (Å²) < 4.78 is 28.6. The summed E-state index contributed by atoms with van der Waals surface area (Å²) in [5, 5.41) is 7.91. The van der Waals surface area contributed by atoms with Crippen molar-refractivity contribution in [2.45, 2.75) is 26.1 Å². The molecule has 1 unspecified atom stereocenters. The summed E-state index contributed by atoms with van der Waals surface area (Å²) in [4.78, 5) is 0. The number of hydrogen-bond donors (Lipinski definition) is 1. The van der Waals surface area contributed by atoms with Crippen LogP contribution in [-0.2, 0) is 11.0 Å². The molecule has 1 atom stereocenters. The van der Waals surface area contributed by atoms with Crippen LogP contribution in [0.4, 0.5) is 5.69 Å². The summed E-state index contributed by atoms with van der Waals surface area (Å²) in [5.41, 5.74) is 5.93. The summed E-state index contributed by atoms with van der Waals surface area (Å²) in [5.74, 6) is 0.393. The minimum absolute atomic E-state index is 0.577. The number of nitrogens with one attached hydrogen (secondary N) is 1. The van der Waals surface area contributed by atoms with Gasteiger partial charge in [0.15, 0.2) is 5.78 Å². The molecule has 0 fully saturated rings. The summed E-state index contributed by atoms with van der Waals surface area (Å²) in [6, 6.07) is 40.6. The standard InChI is InChI=1S/C36H30NO3P/c1-24-11-15-28(16-12-24)36(37-29-19-13-25(2)14-20-29)41(38)39-34-21-17-26-7-3-5-9-30(26)32(34)23-33-31-10-6-4-8-27(31)18-22-35(33)40-41/h3-22,36-37H,23H2,1-2H3. The van der Waals surface area contributed by atoms with Crippen LogP contribution in [0.25, 0.3) is 21.5 Å². The smallest absolute Gasteiger partial charge is 0.414 e. The lowest BCUT2D eigenvalue weighted by Crippen LogP contribution is -2.20. The van der Waals surface area contributed by atoms with Crippen LogP contribution in [-0.4, -0.2) is 0 Å². The lowest BCUT2D eigenvalue weighted by Gasteiger charge is -2.32. The summed E-state index contributed by atoms with van der Waals surface area (Å²) >= 11 is 0. The van der Waals surface area contributed by atoms with E-state index in [2.05, 4.69) is 29.6 Å². The third kappa shape index (κ3) is 4.75. The van der Waals surface area contributed by atoms with E-state index in [9.17, 15) is 0 Å². The third-order valence-electron chi connectivity index (χ3n) is 7.86. The van der Waals surface area contributed by atoms with E-state index in [1.165, 1.54) is 0 Å². The van der Waals surface area contributed by atoms with E-state index >= 15 is 4.57 Å². The molecule has 4 nitrogen and oxygen atoms in total. The third-order valence-corrected chi connectivity index (χ3v) is 9.83. The topological polar surface area (TPSA) is 47.6 Å². The molecule has 202 valence electrons. The first-order chi connectivity index (χ1) is 20.0. The number of rotatable bonds is 4. The zero-order valence-corrected chi connectivity index (χ0v) is 23.9. The predicted molar refractivity (Wildman–Crippen MR) is 168 cm³/mol. The fraction of sp³-hybridized carbons (Fsp3) is 0.111. The molecule has 1 aliphatic heterocycles. The van der Waals surface area contributed by atoms with Gasteiger partial charge in [-0.3, -0.25) is 0 Å². The van der Waals surface area contributed by atoms with E-state index in [-0.39, 0.29) is 0 Å². The van der Waals surface area contributed by atoms with Gasteiger partial charge in [-0.2, -0.15) is 0 Å². The molecule has 0 spiro atoms. The minimum Gasteiger partial charge on any atom is -0.414 e. The first-order valence-corrected chi connectivity index (χ1v) is 15.5. The Hall–Kier alpha value is -4.53. The molecular weight excluding hydrogens is 525 g/mol. The monoisotopic (exact) mass is 555 g/mol. The van der Waals surface area contributed by atoms with Crippen molar-refractivity contribution < 1.29 is 13.6 Å². The molecule has 0 aromatic heterocycles. The van der Waals surface area contributed by atoms with E-state index < -0.39 is 13.4 Å². The highest BCUT2D eigenvalue weighted by Crippen LogP contribution is 2.62. The molecule has 0 amide bonds. The van der Waals surface area contributed by atoms with Crippen molar-refractivity contribution in [1.82, 2.24) is 0 Å². The first kappa shape index (κ1) is 25.4. The van der Waals surface area contributed by atoms with Gasteiger partial charge in [0.2, 0.25) is 0 Å². The Labute approximate surface area is 240 Å². The molecule has 1 heterocycles. The molecule has 0 saturated carbocycles. The van der Waals surface area contributed by atoms with Crippen molar-refractivity contribution in [2.75, 3.05) is 5.32 Å². The molecule has 0 bridgehead atoms. The van der Waals surface area contributed by atoms with Crippen LogP contribution >= 0.6 is 7.60 Å². The molecule has 0 saturated heterocycles. The van der Waals surface area contributed by atoms with Crippen LogP contribution in [0.15, 0.2) is 121 Å². The maximum Gasteiger partial charge on any atom is 0.457 e. The quantitative estimate of drug-likeness (QED) is 0.220. The highest BCUT2D eigenvalue weighted by Gasteiger charge is 2.43. The lowest BCUT2D eigenvalue weighted by atomic mass is 9.93. The van der Waals surface area contributed by atoms with E-state index in [4.69, 9.17) is 9.05 Å². The molecular formula is C36H30NO3P. The van der Waals surface area contributed by atoms with Crippen LogP contribution in [0.3, 0.4) is 0 Å². The number of hydrogen-bond acceptors (Lipinski definition) is 4. The number of benzene rings is 6. The van der Waals surface area contributed by atoms with Crippen molar-refractivity contribution in [3.8, 4) is 11.5 Å². The lowest BCUT2D eigenvalue weighted by molar-refractivity contribution is 0.371. The van der Waals surface area contributed by atoms with Gasteiger partial charge in [-0.25, -0.2) is 4.57 Å². The van der Waals surface area contributed by atoms with Gasteiger partial charge in [0.25, 0.3) is 0 Å². The fourth-order valence-electron chi connectivity index (χ4n) is 5.64. The second-order valence-corrected chi connectivity index (χ2v) is 12.7. The average molecular weight is 556 g/mol. The van der Waals surface area contributed by atoms with Gasteiger partial charge in [-0.05, 0) is 65.2 Å². The molecule has 41 heavy (non-hydrogen) atoms. The fourth-order valence-corrected chi connectivity index (χ4v) is 7.63. The molecule has 7 rings (SSSR count). The summed E-state index contributed by atoms with van der Waals surface area (Å²) in [7, 11) is -3.94. The Kier molecular flexibility index (Phi) is 6.29. The van der Waals surface area contributed by atoms with Crippen molar-refractivity contribution >= 4 is 34.8 Å². The minimum atomic E-state index is -3.94. The van der Waals surface area contributed by atoms with Crippen molar-refractivity contribution in [1.29, 1.82) is 0 Å². The zero-order valence-electron chi connectivity index (χ0n) is 23.0. The Morgan fingerprint density at radius 2 is 1.10 bits per heavy atom. The zero-order chi connectivity index (χ0) is 28.0. The second kappa shape index (κ2) is 10.1. The van der Waals surface area contributed by atoms with Crippen LogP contribution < -0.4 is 14.4 Å². The SMILES string of the molecule is Cc1ccc(NC(c2ccc(C)cc2)P2(=O)Oc3ccc4ccccc4c3Cc3c(ccc4ccccc34)O2)cc1. The molecule has 5 heteroatoms. The largest absolute Gasteiger partial charge is 0.457 e. The van der Waals surface area contributed by atoms with Crippen molar-refractivity contribution in [3.63, 3.8) is 0 Å². The number of anilines is 1. The van der Waals surface area contributed by atoms with E-state index in [1.807, 2.05) is 111 Å². The van der Waals surface area contributed by atoms with E-state index in [1.54, 1.807) is 0 Å². The highest BCUT2D eigenvalue weighted by molar-refractivity contribution is 7.55. The Bertz CT molecular complexity index is 1860. The van der Waals surface area contributed by atoms with Gasteiger partial charge in [0.05, 0.1) is 0 Å². The van der Waals surface area contributed by atoms with Crippen LogP contribution in [0.2, 0.25) is 0 Å². The Balaban J connectivity index is 1.47. The molecule has 1 N–H and O–H groups in total. The molecule has 6 aromatic carbocycles. The van der Waals surface area contributed by atoms with Gasteiger partial charge in [0, 0.05) is 23.2 Å². The van der Waals surface area contributed by atoms with E-state index in [0.717, 1.165) is 55.0 Å². The van der Waals surface area contributed by atoms with Gasteiger partial charge in [-0.1, -0.05) is 108 Å². The van der Waals surface area contributed by atoms with Crippen molar-refractivity contribution in [2.24, 2.45) is 0 Å². The van der Waals surface area contributed by atoms with Crippen LogP contribution in [0, 0.1) is 13.8 Å². The molecule has 0 aliphatic carbocycles. The number of aryl methyl sites for hydroxylation is 2.